The highest BCUT2D eigenvalue weighted by Gasteiger charge is 2.42. The van der Waals surface area contributed by atoms with E-state index in [2.05, 4.69) is 23.9 Å². The van der Waals surface area contributed by atoms with Gasteiger partial charge in [0.2, 0.25) is 0 Å². The van der Waals surface area contributed by atoms with Gasteiger partial charge in [0.25, 0.3) is 5.91 Å². The molecule has 22 heavy (non-hydrogen) atoms. The molecular formula is C16H25N3O3. The fourth-order valence-corrected chi connectivity index (χ4v) is 3.31. The Balaban J connectivity index is 1.66. The van der Waals surface area contributed by atoms with Gasteiger partial charge in [-0.2, -0.15) is 0 Å². The number of likely N-dealkylation sites (tertiary alicyclic amines) is 1. The number of rotatable bonds is 4. The van der Waals surface area contributed by atoms with E-state index in [1.54, 1.807) is 12.3 Å². The van der Waals surface area contributed by atoms with Crippen LogP contribution in [0.5, 0.6) is 0 Å². The van der Waals surface area contributed by atoms with Crippen molar-refractivity contribution >= 4 is 5.91 Å². The summed E-state index contributed by atoms with van der Waals surface area (Å²) in [5.41, 5.74) is 0.665. The molecule has 2 aliphatic rings. The lowest BCUT2D eigenvalue weighted by molar-refractivity contribution is -0.0482. The van der Waals surface area contributed by atoms with Crippen LogP contribution in [-0.2, 0) is 4.74 Å². The van der Waals surface area contributed by atoms with E-state index in [-0.39, 0.29) is 12.0 Å². The third-order valence-corrected chi connectivity index (χ3v) is 4.63. The lowest BCUT2D eigenvalue weighted by Crippen LogP contribution is -2.52. The zero-order valence-corrected chi connectivity index (χ0v) is 13.6. The van der Waals surface area contributed by atoms with Crippen LogP contribution >= 0.6 is 0 Å². The molecule has 122 valence electrons. The topological polar surface area (TPSA) is 49.2 Å². The molecule has 2 fully saturated rings. The number of amides is 1. The lowest BCUT2D eigenvalue weighted by atomic mass is 10.1. The highest BCUT2D eigenvalue weighted by atomic mass is 16.5. The van der Waals surface area contributed by atoms with Crippen LogP contribution in [0, 0.1) is 6.92 Å². The summed E-state index contributed by atoms with van der Waals surface area (Å²) < 4.78 is 11.1. The number of nitrogens with zero attached hydrogens (tertiary/aromatic N) is 3. The van der Waals surface area contributed by atoms with Crippen molar-refractivity contribution in [1.82, 2.24) is 14.7 Å². The molecule has 1 amide bonds. The Morgan fingerprint density at radius 3 is 2.91 bits per heavy atom. The van der Waals surface area contributed by atoms with Gasteiger partial charge in [0.05, 0.1) is 30.6 Å². The Morgan fingerprint density at radius 2 is 2.23 bits per heavy atom. The molecule has 6 heteroatoms. The van der Waals surface area contributed by atoms with Crippen LogP contribution in [0.3, 0.4) is 0 Å². The molecule has 6 nitrogen and oxygen atoms in total. The Labute approximate surface area is 131 Å². The van der Waals surface area contributed by atoms with Crippen LogP contribution in [0.25, 0.3) is 0 Å². The average Bonchev–Trinajstić information content (AvgIpc) is 3.10. The van der Waals surface area contributed by atoms with Gasteiger partial charge in [-0.3, -0.25) is 9.69 Å². The van der Waals surface area contributed by atoms with Crippen LogP contribution in [0.1, 0.15) is 16.1 Å². The quantitative estimate of drug-likeness (QED) is 0.818. The minimum absolute atomic E-state index is 0.0526. The fraction of sp³-hybridized carbons (Fsp3) is 0.688. The highest BCUT2D eigenvalue weighted by molar-refractivity contribution is 5.95. The normalized spacial score (nSPS) is 25.7. The van der Waals surface area contributed by atoms with Crippen LogP contribution in [0.4, 0.5) is 0 Å². The molecule has 1 aromatic heterocycles. The van der Waals surface area contributed by atoms with Gasteiger partial charge in [-0.15, -0.1) is 0 Å². The number of likely N-dealkylation sites (N-methyl/N-ethyl adjacent to an activating group) is 1. The van der Waals surface area contributed by atoms with Crippen molar-refractivity contribution in [2.45, 2.75) is 19.1 Å². The Kier molecular flexibility index (Phi) is 4.52. The average molecular weight is 307 g/mol. The van der Waals surface area contributed by atoms with Crippen LogP contribution in [0.2, 0.25) is 0 Å². The number of furan rings is 1. The molecule has 0 aliphatic carbocycles. The fourth-order valence-electron chi connectivity index (χ4n) is 3.31. The smallest absolute Gasteiger partial charge is 0.257 e. The number of ether oxygens (including phenoxy) is 1. The number of aryl methyl sites for hydroxylation is 1. The van der Waals surface area contributed by atoms with Gasteiger partial charge < -0.3 is 19.0 Å². The molecule has 2 saturated heterocycles. The first-order valence-electron chi connectivity index (χ1n) is 7.90. The van der Waals surface area contributed by atoms with E-state index in [0.717, 1.165) is 32.8 Å². The van der Waals surface area contributed by atoms with Crippen molar-refractivity contribution in [3.8, 4) is 0 Å². The Hall–Kier alpha value is -1.37. The maximum Gasteiger partial charge on any atom is 0.257 e. The van der Waals surface area contributed by atoms with E-state index in [9.17, 15) is 4.79 Å². The SMILES string of the molecule is Cc1occc1C(=O)N1C[C@H]2OCCN(CCN(C)C)[C@H]2C1. The molecule has 0 bridgehead atoms. The second-order valence-electron chi connectivity index (χ2n) is 6.42. The second kappa shape index (κ2) is 6.40. The van der Waals surface area contributed by atoms with Crippen molar-refractivity contribution in [3.63, 3.8) is 0 Å². The van der Waals surface area contributed by atoms with E-state index < -0.39 is 0 Å². The lowest BCUT2D eigenvalue weighted by Gasteiger charge is -2.37. The number of fused-ring (bicyclic) bond motifs is 1. The molecule has 2 atom stereocenters. The summed E-state index contributed by atoms with van der Waals surface area (Å²) in [6.45, 7) is 6.98. The number of hydrogen-bond donors (Lipinski definition) is 0. The predicted molar refractivity (Wildman–Crippen MR) is 83.0 cm³/mol. The molecule has 3 heterocycles. The summed E-state index contributed by atoms with van der Waals surface area (Å²) in [7, 11) is 4.17. The molecule has 2 aliphatic heterocycles. The maximum atomic E-state index is 12.6. The molecule has 0 spiro atoms. The van der Waals surface area contributed by atoms with Crippen molar-refractivity contribution < 1.29 is 13.9 Å². The zero-order valence-electron chi connectivity index (χ0n) is 13.6. The van der Waals surface area contributed by atoms with Crippen molar-refractivity contribution in [2.75, 3.05) is 53.4 Å². The first-order chi connectivity index (χ1) is 10.6. The van der Waals surface area contributed by atoms with Crippen LogP contribution < -0.4 is 0 Å². The zero-order chi connectivity index (χ0) is 15.7. The second-order valence-corrected chi connectivity index (χ2v) is 6.42. The Bertz CT molecular complexity index is 528. The van der Waals surface area contributed by atoms with E-state index in [1.165, 1.54) is 0 Å². The van der Waals surface area contributed by atoms with Crippen molar-refractivity contribution in [2.24, 2.45) is 0 Å². The standard InChI is InChI=1S/C16H25N3O3/c1-12-13(4-8-21-12)16(20)19-10-14-15(11-19)22-9-7-18(14)6-5-17(2)3/h4,8,14-15H,5-7,9-11H2,1-3H3/t14-,15+/m0/s1. The maximum absolute atomic E-state index is 12.6. The van der Waals surface area contributed by atoms with Crippen LogP contribution in [-0.4, -0.2) is 86.2 Å². The first kappa shape index (κ1) is 15.5. The number of morpholine rings is 1. The van der Waals surface area contributed by atoms with Gasteiger partial charge in [-0.1, -0.05) is 0 Å². The minimum Gasteiger partial charge on any atom is -0.469 e. The molecule has 0 saturated carbocycles. The van der Waals surface area contributed by atoms with Gasteiger partial charge in [-0.25, -0.2) is 0 Å². The molecular weight excluding hydrogens is 282 g/mol. The summed E-state index contributed by atoms with van der Waals surface area (Å²) in [5.74, 6) is 0.738. The number of carbonyl (C=O) groups is 1. The number of hydrogen-bond acceptors (Lipinski definition) is 5. The third-order valence-electron chi connectivity index (χ3n) is 4.63. The van der Waals surface area contributed by atoms with E-state index >= 15 is 0 Å². The van der Waals surface area contributed by atoms with Gasteiger partial charge >= 0.3 is 0 Å². The summed E-state index contributed by atoms with van der Waals surface area (Å²) in [5, 5.41) is 0. The van der Waals surface area contributed by atoms with Gasteiger partial charge in [0.1, 0.15) is 5.76 Å². The molecule has 3 rings (SSSR count). The molecule has 1 aromatic rings. The minimum atomic E-state index is 0.0526. The van der Waals surface area contributed by atoms with Crippen LogP contribution in [0.15, 0.2) is 16.7 Å². The summed E-state index contributed by atoms with van der Waals surface area (Å²) in [6, 6.07) is 2.06. The van der Waals surface area contributed by atoms with E-state index in [1.807, 2.05) is 11.8 Å². The molecule has 0 unspecified atom stereocenters. The first-order valence-corrected chi connectivity index (χ1v) is 7.90. The summed E-state index contributed by atoms with van der Waals surface area (Å²) in [6.07, 6.45) is 1.71. The summed E-state index contributed by atoms with van der Waals surface area (Å²) >= 11 is 0. The Morgan fingerprint density at radius 1 is 1.41 bits per heavy atom. The van der Waals surface area contributed by atoms with Crippen molar-refractivity contribution in [3.05, 3.63) is 23.7 Å². The predicted octanol–water partition coefficient (Wildman–Crippen LogP) is 0.675. The van der Waals surface area contributed by atoms with E-state index in [0.29, 0.717) is 23.9 Å². The summed E-state index contributed by atoms with van der Waals surface area (Å²) in [4.78, 5) is 19.2. The van der Waals surface area contributed by atoms with Gasteiger partial charge in [-0.05, 0) is 27.1 Å². The number of carbonyl (C=O) groups excluding carboxylic acids is 1. The molecule has 0 N–H and O–H groups in total. The van der Waals surface area contributed by atoms with Gasteiger partial charge in [0.15, 0.2) is 0 Å². The molecule has 0 aromatic carbocycles. The highest BCUT2D eigenvalue weighted by Crippen LogP contribution is 2.25. The molecule has 0 radical (unpaired) electrons. The van der Waals surface area contributed by atoms with Crippen molar-refractivity contribution in [1.29, 1.82) is 0 Å². The largest absolute Gasteiger partial charge is 0.469 e. The monoisotopic (exact) mass is 307 g/mol. The van der Waals surface area contributed by atoms with E-state index in [4.69, 9.17) is 9.15 Å². The van der Waals surface area contributed by atoms with Gasteiger partial charge in [0, 0.05) is 32.7 Å². The third kappa shape index (κ3) is 3.04.